The number of aromatic nitrogens is 3. The van der Waals surface area contributed by atoms with Crippen LogP contribution < -0.4 is 9.64 Å². The van der Waals surface area contributed by atoms with Crippen LogP contribution >= 0.6 is 11.6 Å². The number of benzene rings is 2. The Bertz CT molecular complexity index is 1960. The molecule has 0 spiro atoms. The van der Waals surface area contributed by atoms with Crippen LogP contribution in [0.15, 0.2) is 48.9 Å². The van der Waals surface area contributed by atoms with Gasteiger partial charge in [0.1, 0.15) is 35.3 Å². The minimum absolute atomic E-state index is 0.00127. The number of nitrogens with zero attached hydrogens (tertiary/aromatic N) is 7. The molecule has 3 saturated heterocycles. The Morgan fingerprint density at radius 1 is 1.20 bits per heavy atom. The molecule has 236 valence electrons. The fourth-order valence-corrected chi connectivity index (χ4v) is 8.12. The van der Waals surface area contributed by atoms with Crippen LogP contribution in [0.1, 0.15) is 6.42 Å². The van der Waals surface area contributed by atoms with Crippen molar-refractivity contribution in [1.29, 1.82) is 5.26 Å². The highest BCUT2D eigenvalue weighted by Crippen LogP contribution is 2.77. The van der Waals surface area contributed by atoms with Crippen LogP contribution in [0, 0.1) is 40.7 Å². The van der Waals surface area contributed by atoms with Gasteiger partial charge in [-0.05, 0) is 36.3 Å². The molecule has 5 heterocycles. The largest absolute Gasteiger partial charge is 0.462 e. The van der Waals surface area contributed by atoms with Crippen molar-refractivity contribution < 1.29 is 23.0 Å². The van der Waals surface area contributed by atoms with Gasteiger partial charge < -0.3 is 14.7 Å². The minimum atomic E-state index is -1.56. The fourth-order valence-electron chi connectivity index (χ4n) is 7.85. The molecule has 9 rings (SSSR count). The van der Waals surface area contributed by atoms with E-state index in [1.54, 1.807) is 24.3 Å². The molecular weight excluding hydrogens is 619 g/mol. The number of piperazine rings is 1. The van der Waals surface area contributed by atoms with E-state index < -0.39 is 29.7 Å². The van der Waals surface area contributed by atoms with Crippen molar-refractivity contribution >= 4 is 39.1 Å². The molecule has 2 aromatic carbocycles. The molecule has 5 fully saturated rings. The maximum absolute atomic E-state index is 16.7. The van der Waals surface area contributed by atoms with Crippen molar-refractivity contribution in [3.05, 3.63) is 65.6 Å². The lowest BCUT2D eigenvalue weighted by Crippen LogP contribution is -2.57. The number of piperidine rings is 1. The number of hydrogen-bond donors (Lipinski definition) is 1. The Morgan fingerprint density at radius 3 is 2.72 bits per heavy atom. The molecule has 5 aliphatic rings. The molecular formula is C33H29ClF3N7O2. The molecule has 1 N–H and O–H groups in total. The number of anilines is 1. The molecule has 4 unspecified atom stereocenters. The van der Waals surface area contributed by atoms with Crippen LogP contribution in [-0.2, 0) is 0 Å². The lowest BCUT2D eigenvalue weighted by Gasteiger charge is -2.43. The minimum Gasteiger partial charge on any atom is -0.462 e. The number of pyridine rings is 1. The monoisotopic (exact) mass is 647 g/mol. The normalized spacial score (nSPS) is 27.5. The number of likely N-dealkylation sites (N-methyl/N-ethyl adjacent to an activating group) is 1. The summed E-state index contributed by atoms with van der Waals surface area (Å²) in [6, 6.07) is 10.3. The van der Waals surface area contributed by atoms with E-state index in [9.17, 15) is 19.1 Å². The van der Waals surface area contributed by atoms with Gasteiger partial charge in [-0.15, -0.1) is 0 Å². The number of fused-ring (bicyclic) bond motifs is 3. The summed E-state index contributed by atoms with van der Waals surface area (Å²) >= 11 is 6.37. The molecule has 2 saturated carbocycles. The van der Waals surface area contributed by atoms with Gasteiger partial charge in [0.05, 0.1) is 22.9 Å². The molecule has 13 heteroatoms. The van der Waals surface area contributed by atoms with Gasteiger partial charge >= 0.3 is 6.01 Å². The first kappa shape index (κ1) is 29.4. The fraction of sp³-hybridized carbons (Fsp3) is 0.394. The number of rotatable bonds is 8. The zero-order chi connectivity index (χ0) is 32.0. The molecule has 0 amide bonds. The molecule has 4 aromatic rings. The van der Waals surface area contributed by atoms with E-state index in [-0.39, 0.29) is 54.3 Å². The molecule has 2 aliphatic carbocycles. The van der Waals surface area contributed by atoms with Crippen molar-refractivity contribution in [1.82, 2.24) is 24.8 Å². The molecule has 2 aromatic heterocycles. The van der Waals surface area contributed by atoms with Gasteiger partial charge in [-0.1, -0.05) is 42.4 Å². The Morgan fingerprint density at radius 2 is 2.00 bits per heavy atom. The Labute approximate surface area is 267 Å². The third kappa shape index (κ3) is 4.44. The molecule has 46 heavy (non-hydrogen) atoms. The summed E-state index contributed by atoms with van der Waals surface area (Å²) < 4.78 is 51.3. The van der Waals surface area contributed by atoms with Crippen LogP contribution in [0.3, 0.4) is 0 Å². The average Bonchev–Trinajstić information content (AvgIpc) is 3.92. The molecule has 0 radical (unpaired) electrons. The zero-order valence-electron chi connectivity index (χ0n) is 24.7. The van der Waals surface area contributed by atoms with Crippen LogP contribution in [0.4, 0.5) is 19.0 Å². The smallest absolute Gasteiger partial charge is 0.319 e. The van der Waals surface area contributed by atoms with Crippen LogP contribution in [-0.4, -0.2) is 87.5 Å². The Kier molecular flexibility index (Phi) is 6.88. The number of halogens is 4. The van der Waals surface area contributed by atoms with Gasteiger partial charge in [0.2, 0.25) is 0 Å². The number of aliphatic hydroxyl groups excluding tert-OH is 1. The van der Waals surface area contributed by atoms with E-state index in [0.29, 0.717) is 46.1 Å². The first-order valence-electron chi connectivity index (χ1n) is 15.2. The predicted molar refractivity (Wildman–Crippen MR) is 166 cm³/mol. The second kappa shape index (κ2) is 10.8. The van der Waals surface area contributed by atoms with E-state index in [4.69, 9.17) is 21.3 Å². The van der Waals surface area contributed by atoms with E-state index in [2.05, 4.69) is 34.6 Å². The van der Waals surface area contributed by atoms with Crippen LogP contribution in [0.2, 0.25) is 5.02 Å². The van der Waals surface area contributed by atoms with Crippen molar-refractivity contribution in [2.45, 2.75) is 30.8 Å². The van der Waals surface area contributed by atoms with E-state index in [1.165, 1.54) is 17.2 Å². The Balaban J connectivity index is 1.22. The lowest BCUT2D eigenvalue weighted by atomic mass is 10.0. The van der Waals surface area contributed by atoms with Crippen molar-refractivity contribution in [3.63, 3.8) is 0 Å². The molecule has 3 aliphatic heterocycles. The number of ether oxygens (including phenoxy) is 1. The zero-order valence-corrected chi connectivity index (χ0v) is 25.5. The highest BCUT2D eigenvalue weighted by Gasteiger charge is 2.83. The lowest BCUT2D eigenvalue weighted by molar-refractivity contribution is -0.0167. The van der Waals surface area contributed by atoms with Crippen molar-refractivity contribution in [2.24, 2.45) is 17.8 Å². The number of aliphatic hydroxyl groups is 1. The second-order valence-electron chi connectivity index (χ2n) is 12.6. The molecule has 2 bridgehead atoms. The summed E-state index contributed by atoms with van der Waals surface area (Å²) in [4.78, 5) is 19.4. The topological polar surface area (TPSA) is 102 Å². The van der Waals surface area contributed by atoms with E-state index in [0.717, 1.165) is 11.8 Å². The highest BCUT2D eigenvalue weighted by atomic mass is 35.5. The van der Waals surface area contributed by atoms with Gasteiger partial charge in [0.15, 0.2) is 12.0 Å². The average molecular weight is 648 g/mol. The van der Waals surface area contributed by atoms with Crippen LogP contribution in [0.25, 0.3) is 32.9 Å². The van der Waals surface area contributed by atoms with E-state index in [1.807, 2.05) is 4.90 Å². The van der Waals surface area contributed by atoms with Gasteiger partial charge in [0, 0.05) is 54.9 Å². The summed E-state index contributed by atoms with van der Waals surface area (Å²) in [6.07, 6.45) is -0.0927. The maximum atomic E-state index is 16.7. The number of hydrogen-bond acceptors (Lipinski definition) is 9. The third-order valence-electron chi connectivity index (χ3n) is 10.2. The van der Waals surface area contributed by atoms with Crippen LogP contribution in [0.5, 0.6) is 6.01 Å². The first-order valence-corrected chi connectivity index (χ1v) is 15.6. The third-order valence-corrected chi connectivity index (χ3v) is 10.6. The molecule has 9 nitrogen and oxygen atoms in total. The summed E-state index contributed by atoms with van der Waals surface area (Å²) in [5.41, 5.74) is 0.209. The summed E-state index contributed by atoms with van der Waals surface area (Å²) in [5, 5.41) is 21.0. The van der Waals surface area contributed by atoms with Gasteiger partial charge in [-0.25, -0.2) is 13.2 Å². The number of nitriles is 1. The summed E-state index contributed by atoms with van der Waals surface area (Å²) in [6.45, 7) is 4.22. The van der Waals surface area contributed by atoms with Crippen molar-refractivity contribution in [3.8, 4) is 23.3 Å². The highest BCUT2D eigenvalue weighted by molar-refractivity contribution is 6.36. The quantitative estimate of drug-likeness (QED) is 0.286. The van der Waals surface area contributed by atoms with E-state index >= 15 is 4.39 Å². The maximum Gasteiger partial charge on any atom is 0.319 e. The summed E-state index contributed by atoms with van der Waals surface area (Å²) in [7, 11) is 2.09. The molecule has 7 atom stereocenters. The summed E-state index contributed by atoms with van der Waals surface area (Å²) in [5.74, 6) is 0.148. The SMILES string of the molecule is C=C(F)C(O)N1CCN(c2nc(OC[C@@H]3C4C5C([C@H]54)N3C)nc3c(F)c(-c4cccc5ccc(F)c(Cl)c45)ncc23)C[C@@H]1CC#N. The standard InChI is InChI=1S/C33H29ClF3N7O2/c1-15(35)32(45)44-11-10-43(13-17(44)8-9-38)31-19-12-39-28(18-5-3-4-16-6-7-20(36)26(34)22(16)18)27(37)29(19)40-33(41-31)46-14-21-23-24-25(23)30(24)42(21)2/h3-7,12,17,21,23-25,30,32,45H,1,8,10-11,13-14H2,2H3/t17-,21+,23?,24-,25?,30?,32?/m0/s1. The second-order valence-corrected chi connectivity index (χ2v) is 12.9. The Hall–Kier alpha value is -4.02. The van der Waals surface area contributed by atoms with Gasteiger partial charge in [0.25, 0.3) is 0 Å². The predicted octanol–water partition coefficient (Wildman–Crippen LogP) is 4.92. The van der Waals surface area contributed by atoms with Crippen molar-refractivity contribution in [2.75, 3.05) is 38.2 Å². The van der Waals surface area contributed by atoms with Gasteiger partial charge in [-0.3, -0.25) is 14.8 Å². The first-order chi connectivity index (χ1) is 22.2. The van der Waals surface area contributed by atoms with Gasteiger partial charge in [-0.2, -0.15) is 15.2 Å².